The van der Waals surface area contributed by atoms with Gasteiger partial charge in [-0.15, -0.1) is 10.6 Å². The third kappa shape index (κ3) is 3.32. The zero-order valence-electron chi connectivity index (χ0n) is 16.2. The molecular weight excluding hydrogens is 392 g/mol. The van der Waals surface area contributed by atoms with Crippen molar-refractivity contribution < 1.29 is 18.8 Å². The summed E-state index contributed by atoms with van der Waals surface area (Å²) in [5.41, 5.74) is 4.87. The van der Waals surface area contributed by atoms with Crippen molar-refractivity contribution in [1.29, 1.82) is 0 Å². The third-order valence-corrected chi connectivity index (χ3v) is 6.82. The molecule has 2 N–H and O–H groups in total. The van der Waals surface area contributed by atoms with Gasteiger partial charge in [-0.2, -0.15) is 5.10 Å². The number of urea groups is 1. The summed E-state index contributed by atoms with van der Waals surface area (Å²) in [5, 5.41) is 17.1. The van der Waals surface area contributed by atoms with E-state index in [0.717, 1.165) is 44.2 Å². The molecule has 0 unspecified atom stereocenters. The molecule has 0 radical (unpaired) electrons. The summed E-state index contributed by atoms with van der Waals surface area (Å²) >= 11 is 0. The van der Waals surface area contributed by atoms with Gasteiger partial charge >= 0.3 is 6.03 Å². The van der Waals surface area contributed by atoms with Crippen LogP contribution < -0.4 is 10.1 Å². The number of hydrogen-bond donors (Lipinski definition) is 2. The maximum Gasteiger partial charge on any atom is 0.322 e. The molecule has 2 heterocycles. The van der Waals surface area contributed by atoms with Crippen LogP contribution in [0.3, 0.4) is 0 Å². The quantitative estimate of drug-likeness (QED) is 0.734. The Balaban J connectivity index is 1.42. The van der Waals surface area contributed by atoms with Crippen LogP contribution in [-0.2, 0) is 47.0 Å². The van der Waals surface area contributed by atoms with Gasteiger partial charge in [-0.05, 0) is 72.6 Å². The Kier molecular flexibility index (Phi) is 4.40. The molecule has 154 valence electrons. The first-order valence-corrected chi connectivity index (χ1v) is 11.0. The van der Waals surface area contributed by atoms with Crippen LogP contribution in [0.25, 0.3) is 0 Å². The third-order valence-electron chi connectivity index (χ3n) is 5.83. The van der Waals surface area contributed by atoms with Gasteiger partial charge in [-0.1, -0.05) is 6.07 Å². The van der Waals surface area contributed by atoms with Crippen molar-refractivity contribution >= 4 is 22.3 Å². The lowest BCUT2D eigenvalue weighted by molar-refractivity contribution is -0.0325. The molecule has 2 aliphatic carbocycles. The molecule has 1 atom stereocenters. The summed E-state index contributed by atoms with van der Waals surface area (Å²) in [6.07, 6.45) is 7.54. The van der Waals surface area contributed by atoms with E-state index in [4.69, 9.17) is 4.74 Å². The Labute approximate surface area is 170 Å². The predicted octanol–water partition coefficient (Wildman–Crippen LogP) is 2.74. The topological polar surface area (TPSA) is 106 Å². The summed E-state index contributed by atoms with van der Waals surface area (Å²) in [6, 6.07) is 1.67. The Morgan fingerprint density at radius 2 is 1.97 bits per heavy atom. The lowest BCUT2D eigenvalue weighted by atomic mass is 9.99. The van der Waals surface area contributed by atoms with E-state index in [2.05, 4.69) is 20.8 Å². The second kappa shape index (κ2) is 6.84. The molecule has 0 saturated heterocycles. The van der Waals surface area contributed by atoms with E-state index in [0.29, 0.717) is 0 Å². The standard InChI is InChI=1S/C20H23N4O4S/c1-20(26)10-24-18(28-11-20)16(9-21-24)29(27)23-19(25)22-17-14-6-2-4-12(14)8-13-5-3-7-15(13)17/h8-9,26H,2-7,10-11H2,1H3,(H,22,25)/q-1/t20-/m0/s1. The summed E-state index contributed by atoms with van der Waals surface area (Å²) in [7, 11) is -1.94. The Morgan fingerprint density at radius 1 is 1.28 bits per heavy atom. The fourth-order valence-corrected chi connectivity index (χ4v) is 5.29. The van der Waals surface area contributed by atoms with Gasteiger partial charge in [0.2, 0.25) is 0 Å². The van der Waals surface area contributed by atoms with Crippen molar-refractivity contribution in [3.63, 3.8) is 0 Å². The number of nitrogens with zero attached hydrogens (tertiary/aromatic N) is 3. The van der Waals surface area contributed by atoms with Crippen LogP contribution in [0.1, 0.15) is 42.0 Å². The van der Waals surface area contributed by atoms with Crippen molar-refractivity contribution in [2.45, 2.75) is 62.5 Å². The van der Waals surface area contributed by atoms with E-state index >= 15 is 0 Å². The smallest absolute Gasteiger partial charge is 0.322 e. The maximum absolute atomic E-state index is 12.7. The number of hydrogen-bond acceptors (Lipinski definition) is 6. The van der Waals surface area contributed by atoms with Gasteiger partial charge in [0.15, 0.2) is 5.88 Å². The van der Waals surface area contributed by atoms with Gasteiger partial charge in [0.25, 0.3) is 0 Å². The highest BCUT2D eigenvalue weighted by atomic mass is 32.2. The van der Waals surface area contributed by atoms with E-state index < -0.39 is 22.2 Å². The Hall–Kier alpha value is -2.39. The number of anilines is 1. The molecule has 8 nitrogen and oxygen atoms in total. The second-order valence-corrected chi connectivity index (χ2v) is 9.38. The van der Waals surface area contributed by atoms with E-state index in [1.54, 1.807) is 6.92 Å². The van der Waals surface area contributed by atoms with Crippen LogP contribution in [0.4, 0.5) is 10.5 Å². The van der Waals surface area contributed by atoms with Crippen LogP contribution >= 0.6 is 0 Å². The van der Waals surface area contributed by atoms with Crippen LogP contribution in [0, 0.1) is 0 Å². The molecule has 1 aromatic heterocycles. The van der Waals surface area contributed by atoms with Gasteiger partial charge in [0, 0.05) is 11.9 Å². The highest BCUT2D eigenvalue weighted by Crippen LogP contribution is 2.38. The van der Waals surface area contributed by atoms with E-state index in [1.807, 2.05) is 0 Å². The molecule has 5 rings (SSSR count). The highest BCUT2D eigenvalue weighted by molar-refractivity contribution is 7.75. The molecule has 9 heteroatoms. The molecular formula is C20H23N4O4S-. The number of nitrogens with one attached hydrogen (secondary N) is 1. The number of carbonyl (C=O) groups is 1. The fourth-order valence-electron chi connectivity index (χ4n) is 4.55. The minimum atomic E-state index is -1.94. The molecule has 1 aliphatic heterocycles. The maximum atomic E-state index is 12.7. The molecule has 29 heavy (non-hydrogen) atoms. The van der Waals surface area contributed by atoms with Gasteiger partial charge in [-0.25, -0.2) is 9.48 Å². The summed E-state index contributed by atoms with van der Waals surface area (Å²) in [6.45, 7) is 1.94. The molecule has 3 aliphatic rings. The number of aromatic nitrogens is 2. The molecule has 0 saturated carbocycles. The van der Waals surface area contributed by atoms with E-state index in [-0.39, 0.29) is 23.9 Å². The van der Waals surface area contributed by atoms with Crippen molar-refractivity contribution in [2.75, 3.05) is 11.9 Å². The summed E-state index contributed by atoms with van der Waals surface area (Å²) < 4.78 is 23.5. The first-order chi connectivity index (χ1) is 13.9. The van der Waals surface area contributed by atoms with Crippen LogP contribution in [-0.4, -0.2) is 33.1 Å². The molecule has 0 fully saturated rings. The predicted molar refractivity (Wildman–Crippen MR) is 107 cm³/mol. The number of aliphatic hydroxyl groups is 1. The number of carbonyl (C=O) groups excluding carboxylic acids is 1. The van der Waals surface area contributed by atoms with Gasteiger partial charge in [-0.3, -0.25) is 0 Å². The minimum absolute atomic E-state index is 0.0668. The second-order valence-electron chi connectivity index (χ2n) is 8.26. The SMILES string of the molecule is C[C@@]1(O)COc2c([S-](=O)=NC(=O)Nc3c4c(cc5c3CCC5)CCC4)cnn2C1. The molecule has 2 amide bonds. The number of amides is 2. The van der Waals surface area contributed by atoms with Crippen molar-refractivity contribution in [3.05, 3.63) is 34.5 Å². The van der Waals surface area contributed by atoms with Crippen LogP contribution in [0.2, 0.25) is 0 Å². The van der Waals surface area contributed by atoms with E-state index in [1.165, 1.54) is 33.1 Å². The molecule has 0 bridgehead atoms. The zero-order chi connectivity index (χ0) is 20.2. The number of rotatable bonds is 2. The zero-order valence-corrected chi connectivity index (χ0v) is 17.0. The fraction of sp³-hybridized carbons (Fsp3) is 0.500. The number of ether oxygens (including phenoxy) is 1. The molecule has 0 spiro atoms. The number of aryl methyl sites for hydroxylation is 2. The summed E-state index contributed by atoms with van der Waals surface area (Å²) in [4.78, 5) is 12.8. The van der Waals surface area contributed by atoms with Crippen molar-refractivity contribution in [3.8, 4) is 5.88 Å². The largest absolute Gasteiger partial charge is 0.476 e. The van der Waals surface area contributed by atoms with Gasteiger partial charge < -0.3 is 23.7 Å². The molecule has 1 aromatic carbocycles. The van der Waals surface area contributed by atoms with Crippen LogP contribution in [0.5, 0.6) is 5.88 Å². The number of benzene rings is 1. The van der Waals surface area contributed by atoms with Crippen LogP contribution in [0.15, 0.2) is 21.5 Å². The Morgan fingerprint density at radius 3 is 2.66 bits per heavy atom. The normalized spacial score (nSPS) is 23.2. The molecule has 2 aromatic rings. The average Bonchev–Trinajstić information content (AvgIpc) is 3.38. The average molecular weight is 415 g/mol. The first-order valence-electron chi connectivity index (χ1n) is 9.93. The lowest BCUT2D eigenvalue weighted by Crippen LogP contribution is -2.41. The monoisotopic (exact) mass is 415 g/mol. The Bertz CT molecular complexity index is 1070. The van der Waals surface area contributed by atoms with Gasteiger partial charge in [0.05, 0.1) is 6.54 Å². The van der Waals surface area contributed by atoms with Crippen molar-refractivity contribution in [1.82, 2.24) is 9.78 Å². The number of fused-ring (bicyclic) bond motifs is 3. The van der Waals surface area contributed by atoms with Crippen molar-refractivity contribution in [2.24, 2.45) is 4.36 Å². The summed E-state index contributed by atoms with van der Waals surface area (Å²) in [5.74, 6) is 0.285. The van der Waals surface area contributed by atoms with E-state index in [9.17, 15) is 14.1 Å². The highest BCUT2D eigenvalue weighted by Gasteiger charge is 2.30. The first kappa shape index (κ1) is 18.6. The lowest BCUT2D eigenvalue weighted by Gasteiger charge is -2.29. The van der Waals surface area contributed by atoms with Gasteiger partial charge in [0.1, 0.15) is 12.2 Å². The minimum Gasteiger partial charge on any atom is -0.476 e.